The van der Waals surface area contributed by atoms with Crippen LogP contribution in [0.25, 0.3) is 11.3 Å². The molecule has 1 aliphatic rings. The summed E-state index contributed by atoms with van der Waals surface area (Å²) in [7, 11) is 0. The number of hydrogen-bond acceptors (Lipinski definition) is 3. The fraction of sp³-hybridized carbons (Fsp3) is 0.333. The van der Waals surface area contributed by atoms with Crippen LogP contribution in [0.1, 0.15) is 36.6 Å². The molecule has 1 saturated carbocycles. The van der Waals surface area contributed by atoms with Crippen molar-refractivity contribution in [3.8, 4) is 11.3 Å². The number of halogens is 3. The summed E-state index contributed by atoms with van der Waals surface area (Å²) in [6.45, 7) is 0. The van der Waals surface area contributed by atoms with Gasteiger partial charge in [0, 0.05) is 11.6 Å². The molecule has 6 heteroatoms. The molecule has 0 atom stereocenters. The standard InChI is InChI=1S/C15H14F3N3/c16-15(17,18)14-20-12(8-13(19)21-14)11-6-2-5-10(7-11)9-3-1-4-9/h2,5-9H,1,3-4H2,(H2,19,20,21). The summed E-state index contributed by atoms with van der Waals surface area (Å²) >= 11 is 0. The maximum Gasteiger partial charge on any atom is 0.451 e. The maximum atomic E-state index is 12.8. The maximum absolute atomic E-state index is 12.8. The first-order chi connectivity index (χ1) is 9.93. The van der Waals surface area contributed by atoms with E-state index in [4.69, 9.17) is 5.73 Å². The molecule has 0 bridgehead atoms. The number of aromatic nitrogens is 2. The summed E-state index contributed by atoms with van der Waals surface area (Å²) in [5, 5.41) is 0. The van der Waals surface area contributed by atoms with Crippen LogP contribution < -0.4 is 5.73 Å². The monoisotopic (exact) mass is 293 g/mol. The minimum absolute atomic E-state index is 0.179. The zero-order chi connectivity index (χ0) is 15.0. The first kappa shape index (κ1) is 13.9. The van der Waals surface area contributed by atoms with Crippen molar-refractivity contribution >= 4 is 5.82 Å². The summed E-state index contributed by atoms with van der Waals surface area (Å²) < 4.78 is 38.3. The Labute approximate surface area is 120 Å². The van der Waals surface area contributed by atoms with Crippen molar-refractivity contribution in [1.82, 2.24) is 9.97 Å². The molecule has 2 aromatic rings. The Bertz CT molecular complexity index is 663. The number of hydrogen-bond donors (Lipinski definition) is 1. The van der Waals surface area contributed by atoms with Gasteiger partial charge in [-0.3, -0.25) is 0 Å². The van der Waals surface area contributed by atoms with Gasteiger partial charge in [0.25, 0.3) is 0 Å². The Balaban J connectivity index is 2.01. The molecule has 1 aliphatic carbocycles. The highest BCUT2D eigenvalue weighted by Gasteiger charge is 2.35. The number of nitrogen functional groups attached to an aromatic ring is 1. The van der Waals surface area contributed by atoms with Gasteiger partial charge in [0.1, 0.15) is 5.82 Å². The molecule has 3 rings (SSSR count). The van der Waals surface area contributed by atoms with Crippen LogP contribution in [0.4, 0.5) is 19.0 Å². The fourth-order valence-electron chi connectivity index (χ4n) is 2.43. The second-order valence-corrected chi connectivity index (χ2v) is 5.25. The van der Waals surface area contributed by atoms with E-state index in [-0.39, 0.29) is 11.5 Å². The smallest absolute Gasteiger partial charge is 0.384 e. The number of rotatable bonds is 2. The molecule has 0 aliphatic heterocycles. The number of anilines is 1. The first-order valence-electron chi connectivity index (χ1n) is 6.75. The number of alkyl halides is 3. The average molecular weight is 293 g/mol. The van der Waals surface area contributed by atoms with Crippen molar-refractivity contribution in [3.63, 3.8) is 0 Å². The fourth-order valence-corrected chi connectivity index (χ4v) is 2.43. The highest BCUT2D eigenvalue weighted by molar-refractivity contribution is 5.63. The molecule has 0 saturated heterocycles. The Hall–Kier alpha value is -2.11. The third-order valence-corrected chi connectivity index (χ3v) is 3.76. The summed E-state index contributed by atoms with van der Waals surface area (Å²) in [5.74, 6) is -0.876. The third kappa shape index (κ3) is 2.84. The highest BCUT2D eigenvalue weighted by Crippen LogP contribution is 2.37. The highest BCUT2D eigenvalue weighted by atomic mass is 19.4. The molecule has 0 unspecified atom stereocenters. The summed E-state index contributed by atoms with van der Waals surface area (Å²) in [6, 6.07) is 8.85. The van der Waals surface area contributed by atoms with Crippen molar-refractivity contribution in [3.05, 3.63) is 41.7 Å². The molecule has 2 N–H and O–H groups in total. The molecule has 21 heavy (non-hydrogen) atoms. The lowest BCUT2D eigenvalue weighted by Crippen LogP contribution is -2.13. The van der Waals surface area contributed by atoms with Gasteiger partial charge in [0.15, 0.2) is 0 Å². The average Bonchev–Trinajstić information content (AvgIpc) is 2.35. The number of benzene rings is 1. The Morgan fingerprint density at radius 3 is 2.48 bits per heavy atom. The van der Waals surface area contributed by atoms with E-state index in [0.717, 1.165) is 18.4 Å². The van der Waals surface area contributed by atoms with Gasteiger partial charge >= 0.3 is 6.18 Å². The van der Waals surface area contributed by atoms with E-state index in [9.17, 15) is 13.2 Å². The summed E-state index contributed by atoms with van der Waals surface area (Å²) in [5.41, 5.74) is 7.46. The van der Waals surface area contributed by atoms with Crippen LogP contribution in [0, 0.1) is 0 Å². The van der Waals surface area contributed by atoms with Gasteiger partial charge in [-0.05, 0) is 30.4 Å². The van der Waals surface area contributed by atoms with Gasteiger partial charge in [0.2, 0.25) is 5.82 Å². The summed E-state index contributed by atoms with van der Waals surface area (Å²) in [4.78, 5) is 6.86. The molecule has 0 amide bonds. The second kappa shape index (κ2) is 5.02. The Morgan fingerprint density at radius 1 is 1.10 bits per heavy atom. The van der Waals surface area contributed by atoms with E-state index in [1.165, 1.54) is 12.5 Å². The van der Waals surface area contributed by atoms with Gasteiger partial charge in [-0.15, -0.1) is 0 Å². The van der Waals surface area contributed by atoms with Crippen molar-refractivity contribution < 1.29 is 13.2 Å². The predicted octanol–water partition coefficient (Wildman–Crippen LogP) is 4.01. The van der Waals surface area contributed by atoms with Crippen LogP contribution in [0.5, 0.6) is 0 Å². The zero-order valence-corrected chi connectivity index (χ0v) is 11.2. The van der Waals surface area contributed by atoms with Crippen LogP contribution in [-0.4, -0.2) is 9.97 Å². The van der Waals surface area contributed by atoms with Crippen LogP contribution >= 0.6 is 0 Å². The van der Waals surface area contributed by atoms with E-state index in [0.29, 0.717) is 11.5 Å². The normalized spacial score (nSPS) is 15.8. The van der Waals surface area contributed by atoms with E-state index >= 15 is 0 Å². The lowest BCUT2D eigenvalue weighted by atomic mass is 9.79. The molecular weight excluding hydrogens is 279 g/mol. The topological polar surface area (TPSA) is 51.8 Å². The lowest BCUT2D eigenvalue weighted by molar-refractivity contribution is -0.144. The largest absolute Gasteiger partial charge is 0.451 e. The molecule has 1 aromatic heterocycles. The van der Waals surface area contributed by atoms with Gasteiger partial charge in [-0.25, -0.2) is 9.97 Å². The SMILES string of the molecule is Nc1cc(-c2cccc(C3CCC3)c2)nc(C(F)(F)F)n1. The van der Waals surface area contributed by atoms with Crippen LogP contribution in [0.2, 0.25) is 0 Å². The van der Waals surface area contributed by atoms with Crippen LogP contribution in [0.15, 0.2) is 30.3 Å². The molecule has 1 aromatic carbocycles. The van der Waals surface area contributed by atoms with E-state index in [2.05, 4.69) is 9.97 Å². The molecule has 0 radical (unpaired) electrons. The minimum Gasteiger partial charge on any atom is -0.384 e. The Morgan fingerprint density at radius 2 is 1.86 bits per heavy atom. The van der Waals surface area contributed by atoms with E-state index < -0.39 is 12.0 Å². The van der Waals surface area contributed by atoms with Crippen LogP contribution in [0.3, 0.4) is 0 Å². The van der Waals surface area contributed by atoms with Gasteiger partial charge in [-0.2, -0.15) is 13.2 Å². The van der Waals surface area contributed by atoms with Crippen molar-refractivity contribution in [1.29, 1.82) is 0 Å². The second-order valence-electron chi connectivity index (χ2n) is 5.25. The van der Waals surface area contributed by atoms with E-state index in [1.807, 2.05) is 18.2 Å². The Kier molecular flexibility index (Phi) is 3.31. The van der Waals surface area contributed by atoms with Gasteiger partial charge in [0.05, 0.1) is 5.69 Å². The third-order valence-electron chi connectivity index (χ3n) is 3.76. The minimum atomic E-state index is -4.60. The molecule has 110 valence electrons. The molecule has 1 fully saturated rings. The molecule has 3 nitrogen and oxygen atoms in total. The number of nitrogens with two attached hydrogens (primary N) is 1. The van der Waals surface area contributed by atoms with Crippen molar-refractivity contribution in [2.75, 3.05) is 5.73 Å². The van der Waals surface area contributed by atoms with E-state index in [1.54, 1.807) is 6.07 Å². The lowest BCUT2D eigenvalue weighted by Gasteiger charge is -2.26. The zero-order valence-electron chi connectivity index (χ0n) is 11.2. The van der Waals surface area contributed by atoms with Crippen LogP contribution in [-0.2, 0) is 6.18 Å². The molecule has 1 heterocycles. The van der Waals surface area contributed by atoms with Gasteiger partial charge < -0.3 is 5.73 Å². The predicted molar refractivity (Wildman–Crippen MR) is 73.5 cm³/mol. The van der Waals surface area contributed by atoms with Crippen molar-refractivity contribution in [2.45, 2.75) is 31.4 Å². The van der Waals surface area contributed by atoms with Crippen molar-refractivity contribution in [2.24, 2.45) is 0 Å². The summed E-state index contributed by atoms with van der Waals surface area (Å²) in [6.07, 6.45) is -1.14. The first-order valence-corrected chi connectivity index (χ1v) is 6.75. The van der Waals surface area contributed by atoms with Gasteiger partial charge in [-0.1, -0.05) is 24.6 Å². The molecule has 0 spiro atoms. The molecular formula is C15H14F3N3. The quantitative estimate of drug-likeness (QED) is 0.910. The number of nitrogens with zero attached hydrogens (tertiary/aromatic N) is 2.